The second kappa shape index (κ2) is 9.35. The molecule has 2 aromatic rings. The van der Waals surface area contributed by atoms with Gasteiger partial charge in [-0.3, -0.25) is 9.59 Å². The molecule has 6 heteroatoms. The highest BCUT2D eigenvalue weighted by Crippen LogP contribution is 2.23. The number of benzene rings is 2. The summed E-state index contributed by atoms with van der Waals surface area (Å²) in [7, 11) is 0. The van der Waals surface area contributed by atoms with Crippen LogP contribution in [0.2, 0.25) is 0 Å². The molecule has 1 aliphatic rings. The Balaban J connectivity index is 1.47. The zero-order valence-electron chi connectivity index (χ0n) is 15.9. The minimum absolute atomic E-state index is 0.0952. The van der Waals surface area contributed by atoms with E-state index in [4.69, 9.17) is 5.73 Å². The fourth-order valence-corrected chi connectivity index (χ4v) is 3.51. The second-order valence-electron chi connectivity index (χ2n) is 7.22. The molecule has 1 heterocycles. The molecular formula is C22H26FN3O2. The van der Waals surface area contributed by atoms with Crippen LogP contribution >= 0.6 is 0 Å². The first-order chi connectivity index (χ1) is 13.5. The topological polar surface area (TPSA) is 75.4 Å². The third-order valence-corrected chi connectivity index (χ3v) is 5.19. The molecule has 148 valence electrons. The summed E-state index contributed by atoms with van der Waals surface area (Å²) < 4.78 is 13.6. The number of hydrogen-bond donors (Lipinski definition) is 2. The Kier molecular flexibility index (Phi) is 6.63. The SMILES string of the molecule is NC(=O)[C@H]1CCCN(c2ccc(CNC(=O)CCc3ccccc3F)cc2)C1. The van der Waals surface area contributed by atoms with E-state index in [1.165, 1.54) is 6.07 Å². The zero-order valence-corrected chi connectivity index (χ0v) is 15.9. The normalized spacial score (nSPS) is 16.6. The Morgan fingerprint density at radius 1 is 1.14 bits per heavy atom. The molecule has 3 rings (SSSR count). The van der Waals surface area contributed by atoms with Crippen LogP contribution < -0.4 is 16.0 Å². The van der Waals surface area contributed by atoms with E-state index in [0.717, 1.165) is 30.6 Å². The van der Waals surface area contributed by atoms with Crippen LogP contribution in [0, 0.1) is 11.7 Å². The summed E-state index contributed by atoms with van der Waals surface area (Å²) in [6.07, 6.45) is 2.44. The number of primary amides is 1. The number of nitrogens with two attached hydrogens (primary N) is 1. The van der Waals surface area contributed by atoms with Crippen molar-refractivity contribution in [3.63, 3.8) is 0 Å². The van der Waals surface area contributed by atoms with Crippen molar-refractivity contribution >= 4 is 17.5 Å². The Hall–Kier alpha value is -2.89. The lowest BCUT2D eigenvalue weighted by molar-refractivity contribution is -0.122. The minimum atomic E-state index is -0.276. The Labute approximate surface area is 164 Å². The van der Waals surface area contributed by atoms with Crippen LogP contribution in [0.1, 0.15) is 30.4 Å². The van der Waals surface area contributed by atoms with Gasteiger partial charge in [-0.25, -0.2) is 4.39 Å². The van der Waals surface area contributed by atoms with Gasteiger partial charge in [0.25, 0.3) is 0 Å². The monoisotopic (exact) mass is 383 g/mol. The van der Waals surface area contributed by atoms with Gasteiger partial charge >= 0.3 is 0 Å². The third kappa shape index (κ3) is 5.31. The van der Waals surface area contributed by atoms with Crippen molar-refractivity contribution in [3.8, 4) is 0 Å². The predicted molar refractivity (Wildman–Crippen MR) is 107 cm³/mol. The van der Waals surface area contributed by atoms with E-state index in [9.17, 15) is 14.0 Å². The molecule has 3 N–H and O–H groups in total. The number of halogens is 1. The lowest BCUT2D eigenvalue weighted by atomic mass is 9.97. The van der Waals surface area contributed by atoms with Crippen LogP contribution in [0.25, 0.3) is 0 Å². The van der Waals surface area contributed by atoms with Gasteiger partial charge in [0.15, 0.2) is 0 Å². The van der Waals surface area contributed by atoms with Gasteiger partial charge in [0.2, 0.25) is 11.8 Å². The maximum absolute atomic E-state index is 13.6. The van der Waals surface area contributed by atoms with E-state index < -0.39 is 0 Å². The number of nitrogens with one attached hydrogen (secondary N) is 1. The first-order valence-corrected chi connectivity index (χ1v) is 9.66. The van der Waals surface area contributed by atoms with Gasteiger partial charge in [-0.1, -0.05) is 30.3 Å². The third-order valence-electron chi connectivity index (χ3n) is 5.19. The fourth-order valence-electron chi connectivity index (χ4n) is 3.51. The zero-order chi connectivity index (χ0) is 19.9. The molecule has 2 aromatic carbocycles. The minimum Gasteiger partial charge on any atom is -0.371 e. The van der Waals surface area contributed by atoms with Crippen molar-refractivity contribution in [2.75, 3.05) is 18.0 Å². The molecule has 0 radical (unpaired) electrons. The Morgan fingerprint density at radius 2 is 1.89 bits per heavy atom. The number of aryl methyl sites for hydroxylation is 1. The molecule has 0 aromatic heterocycles. The van der Waals surface area contributed by atoms with E-state index in [-0.39, 0.29) is 30.0 Å². The van der Waals surface area contributed by atoms with Gasteiger partial charge in [-0.05, 0) is 48.6 Å². The molecule has 0 saturated carbocycles. The van der Waals surface area contributed by atoms with Crippen LogP contribution in [0.3, 0.4) is 0 Å². The highest BCUT2D eigenvalue weighted by atomic mass is 19.1. The molecule has 2 amide bonds. The van der Waals surface area contributed by atoms with E-state index >= 15 is 0 Å². The number of nitrogens with zero attached hydrogens (tertiary/aromatic N) is 1. The highest BCUT2D eigenvalue weighted by molar-refractivity contribution is 5.77. The van der Waals surface area contributed by atoms with Gasteiger partial charge < -0.3 is 16.0 Å². The predicted octanol–water partition coefficient (Wildman–Crippen LogP) is 2.78. The molecule has 1 aliphatic heterocycles. The molecule has 1 atom stereocenters. The second-order valence-corrected chi connectivity index (χ2v) is 7.22. The first-order valence-electron chi connectivity index (χ1n) is 9.66. The van der Waals surface area contributed by atoms with Crippen LogP contribution in [0.5, 0.6) is 0 Å². The lowest BCUT2D eigenvalue weighted by Gasteiger charge is -2.33. The van der Waals surface area contributed by atoms with Crippen molar-refractivity contribution in [2.45, 2.75) is 32.2 Å². The van der Waals surface area contributed by atoms with Gasteiger partial charge in [-0.15, -0.1) is 0 Å². The van der Waals surface area contributed by atoms with Gasteiger partial charge in [0, 0.05) is 31.7 Å². The van der Waals surface area contributed by atoms with Gasteiger partial charge in [-0.2, -0.15) is 0 Å². The number of anilines is 1. The average Bonchev–Trinajstić information content (AvgIpc) is 2.72. The molecular weight excluding hydrogens is 357 g/mol. The summed E-state index contributed by atoms with van der Waals surface area (Å²) >= 11 is 0. The maximum Gasteiger partial charge on any atom is 0.222 e. The Bertz CT molecular complexity index is 823. The van der Waals surface area contributed by atoms with Crippen molar-refractivity contribution in [1.82, 2.24) is 5.32 Å². The number of piperidine rings is 1. The van der Waals surface area contributed by atoms with Gasteiger partial charge in [0.1, 0.15) is 5.82 Å². The van der Waals surface area contributed by atoms with Crippen molar-refractivity contribution in [2.24, 2.45) is 11.7 Å². The van der Waals surface area contributed by atoms with Crippen LogP contribution in [-0.4, -0.2) is 24.9 Å². The molecule has 0 spiro atoms. The molecule has 0 aliphatic carbocycles. The van der Waals surface area contributed by atoms with Crippen LogP contribution in [0.15, 0.2) is 48.5 Å². The lowest BCUT2D eigenvalue weighted by Crippen LogP contribution is -2.41. The smallest absolute Gasteiger partial charge is 0.222 e. The van der Waals surface area contributed by atoms with E-state index in [0.29, 0.717) is 25.1 Å². The number of carbonyl (C=O) groups is 2. The summed E-state index contributed by atoms with van der Waals surface area (Å²) in [5.74, 6) is -0.712. The summed E-state index contributed by atoms with van der Waals surface area (Å²) in [6, 6.07) is 14.5. The van der Waals surface area contributed by atoms with Crippen molar-refractivity contribution < 1.29 is 14.0 Å². The standard InChI is InChI=1S/C22H26FN3O2/c23-20-6-2-1-4-17(20)9-12-21(27)25-14-16-7-10-19(11-8-16)26-13-3-5-18(15-26)22(24)28/h1-2,4,6-8,10-11,18H,3,5,9,12-15H2,(H2,24,28)(H,25,27)/t18-/m0/s1. The fraction of sp³-hybridized carbons (Fsp3) is 0.364. The van der Waals surface area contributed by atoms with E-state index in [2.05, 4.69) is 10.2 Å². The molecule has 28 heavy (non-hydrogen) atoms. The molecule has 5 nitrogen and oxygen atoms in total. The van der Waals surface area contributed by atoms with Gasteiger partial charge in [0.05, 0.1) is 5.92 Å². The molecule has 0 unspecified atom stereocenters. The summed E-state index contributed by atoms with van der Waals surface area (Å²) in [6.45, 7) is 2.00. The Morgan fingerprint density at radius 3 is 2.61 bits per heavy atom. The molecule has 1 fully saturated rings. The van der Waals surface area contributed by atoms with Crippen LogP contribution in [0.4, 0.5) is 10.1 Å². The first kappa shape index (κ1) is 19.9. The number of hydrogen-bond acceptors (Lipinski definition) is 3. The number of carbonyl (C=O) groups excluding carboxylic acids is 2. The van der Waals surface area contributed by atoms with E-state index in [1.54, 1.807) is 18.2 Å². The van der Waals surface area contributed by atoms with Crippen molar-refractivity contribution in [3.05, 3.63) is 65.5 Å². The van der Waals surface area contributed by atoms with Crippen molar-refractivity contribution in [1.29, 1.82) is 0 Å². The largest absolute Gasteiger partial charge is 0.371 e. The summed E-state index contributed by atoms with van der Waals surface area (Å²) in [4.78, 5) is 25.6. The molecule has 1 saturated heterocycles. The summed E-state index contributed by atoms with van der Waals surface area (Å²) in [5, 5.41) is 2.87. The number of rotatable bonds is 7. The number of amides is 2. The van der Waals surface area contributed by atoms with Crippen LogP contribution in [-0.2, 0) is 22.6 Å². The van der Waals surface area contributed by atoms with E-state index in [1.807, 2.05) is 24.3 Å². The highest BCUT2D eigenvalue weighted by Gasteiger charge is 2.24. The maximum atomic E-state index is 13.6. The average molecular weight is 383 g/mol. The molecule has 0 bridgehead atoms. The summed E-state index contributed by atoms with van der Waals surface area (Å²) in [5.41, 5.74) is 8.04. The quantitative estimate of drug-likeness (QED) is 0.772.